The van der Waals surface area contributed by atoms with Gasteiger partial charge in [0.25, 0.3) is 10.2 Å². The van der Waals surface area contributed by atoms with Crippen LogP contribution in [0.25, 0.3) is 0 Å². The Morgan fingerprint density at radius 1 is 1.39 bits per heavy atom. The highest BCUT2D eigenvalue weighted by Gasteiger charge is 2.38. The second-order valence-electron chi connectivity index (χ2n) is 6.09. The Morgan fingerprint density at radius 3 is 2.87 bits per heavy atom. The van der Waals surface area contributed by atoms with Gasteiger partial charge in [0.15, 0.2) is 0 Å². The van der Waals surface area contributed by atoms with Crippen LogP contribution in [-0.2, 0) is 21.4 Å². The molecule has 0 aromatic carbocycles. The second kappa shape index (κ2) is 6.62. The first-order valence-electron chi connectivity index (χ1n) is 8.14. The Labute approximate surface area is 136 Å². The quantitative estimate of drug-likeness (QED) is 0.839. The molecule has 1 aromatic rings. The van der Waals surface area contributed by atoms with Crippen molar-refractivity contribution in [1.29, 1.82) is 0 Å². The van der Waals surface area contributed by atoms with E-state index in [9.17, 15) is 13.2 Å². The van der Waals surface area contributed by atoms with Crippen molar-refractivity contribution in [1.82, 2.24) is 14.3 Å². The minimum Gasteiger partial charge on any atom is -0.464 e. The molecule has 0 saturated carbocycles. The Balaban J connectivity index is 1.71. The maximum absolute atomic E-state index is 12.7. The second-order valence-corrected chi connectivity index (χ2v) is 7.74. The molecule has 3 rings (SSSR count). The van der Waals surface area contributed by atoms with E-state index in [1.807, 2.05) is 19.1 Å². The van der Waals surface area contributed by atoms with Crippen LogP contribution < -0.4 is 10.0 Å². The van der Waals surface area contributed by atoms with Crippen LogP contribution in [0.5, 0.6) is 0 Å². The Morgan fingerprint density at radius 2 is 2.22 bits per heavy atom. The van der Waals surface area contributed by atoms with Crippen LogP contribution in [0.4, 0.5) is 0 Å². The molecule has 128 valence electrons. The molecule has 2 saturated heterocycles. The predicted molar refractivity (Wildman–Crippen MR) is 84.9 cm³/mol. The summed E-state index contributed by atoms with van der Waals surface area (Å²) in [5, 5.41) is 2.70. The molecular weight excluding hydrogens is 318 g/mol. The summed E-state index contributed by atoms with van der Waals surface area (Å²) < 4.78 is 35.4. The number of furan rings is 1. The molecular formula is C15H23N3O4S. The normalized spacial score (nSPS) is 26.4. The molecule has 2 aliphatic rings. The predicted octanol–water partition coefficient (Wildman–Crippen LogP) is 1.09. The maximum atomic E-state index is 12.7. The molecule has 0 bridgehead atoms. The Hall–Kier alpha value is -1.38. The van der Waals surface area contributed by atoms with Crippen LogP contribution in [-0.4, -0.2) is 37.8 Å². The van der Waals surface area contributed by atoms with E-state index >= 15 is 0 Å². The molecule has 1 aromatic heterocycles. The Kier molecular flexibility index (Phi) is 4.74. The average molecular weight is 341 g/mol. The van der Waals surface area contributed by atoms with Crippen molar-refractivity contribution in [2.45, 2.75) is 51.1 Å². The van der Waals surface area contributed by atoms with Gasteiger partial charge in [0.05, 0.1) is 6.04 Å². The van der Waals surface area contributed by atoms with Gasteiger partial charge in [0, 0.05) is 32.0 Å². The van der Waals surface area contributed by atoms with Gasteiger partial charge < -0.3 is 9.73 Å². The van der Waals surface area contributed by atoms with Gasteiger partial charge in [-0.3, -0.25) is 4.79 Å². The van der Waals surface area contributed by atoms with E-state index in [0.29, 0.717) is 31.7 Å². The summed E-state index contributed by atoms with van der Waals surface area (Å²) in [5.74, 6) is 1.55. The average Bonchev–Trinajstić information content (AvgIpc) is 3.17. The molecule has 8 heteroatoms. The van der Waals surface area contributed by atoms with Gasteiger partial charge in [-0.2, -0.15) is 17.4 Å². The lowest BCUT2D eigenvalue weighted by Gasteiger charge is -2.28. The first-order valence-corrected chi connectivity index (χ1v) is 9.58. The summed E-state index contributed by atoms with van der Waals surface area (Å²) in [4.78, 5) is 11.2. The highest BCUT2D eigenvalue weighted by atomic mass is 32.2. The SMILES string of the molecule is CCc1ccc([C@@H]2CCCN2S(=O)(=O)N[C@H]2CCC(=O)NC2)o1. The molecule has 2 N–H and O–H groups in total. The smallest absolute Gasteiger partial charge is 0.280 e. The molecule has 2 atom stereocenters. The van der Waals surface area contributed by atoms with E-state index in [2.05, 4.69) is 10.0 Å². The van der Waals surface area contributed by atoms with Gasteiger partial charge in [0.2, 0.25) is 5.91 Å². The monoisotopic (exact) mass is 341 g/mol. The van der Waals surface area contributed by atoms with Gasteiger partial charge in [0.1, 0.15) is 11.5 Å². The first-order chi connectivity index (χ1) is 11.0. The van der Waals surface area contributed by atoms with Crippen molar-refractivity contribution in [3.05, 3.63) is 23.7 Å². The van der Waals surface area contributed by atoms with Crippen molar-refractivity contribution in [2.24, 2.45) is 0 Å². The van der Waals surface area contributed by atoms with Crippen molar-refractivity contribution in [2.75, 3.05) is 13.1 Å². The van der Waals surface area contributed by atoms with Crippen LogP contribution in [0.15, 0.2) is 16.5 Å². The third kappa shape index (κ3) is 3.59. The highest BCUT2D eigenvalue weighted by Crippen LogP contribution is 2.35. The first kappa shape index (κ1) is 16.5. The number of hydrogen-bond acceptors (Lipinski definition) is 4. The fourth-order valence-corrected chi connectivity index (χ4v) is 4.86. The largest absolute Gasteiger partial charge is 0.464 e. The zero-order valence-corrected chi connectivity index (χ0v) is 14.1. The zero-order chi connectivity index (χ0) is 16.4. The lowest BCUT2D eigenvalue weighted by Crippen LogP contribution is -2.51. The highest BCUT2D eigenvalue weighted by molar-refractivity contribution is 7.87. The summed E-state index contributed by atoms with van der Waals surface area (Å²) in [7, 11) is -3.60. The summed E-state index contributed by atoms with van der Waals surface area (Å²) in [6.45, 7) is 2.84. The lowest BCUT2D eigenvalue weighted by molar-refractivity contribution is -0.122. The molecule has 7 nitrogen and oxygen atoms in total. The third-order valence-corrected chi connectivity index (χ3v) is 6.14. The molecule has 1 amide bonds. The number of nitrogens with zero attached hydrogens (tertiary/aromatic N) is 1. The standard InChI is InChI=1S/C15H23N3O4S/c1-2-12-6-7-14(22-12)13-4-3-9-18(13)23(20,21)17-11-5-8-15(19)16-10-11/h6-7,11,13,17H,2-5,8-10H2,1H3,(H,16,19)/t11-,13-/m0/s1. The zero-order valence-electron chi connectivity index (χ0n) is 13.2. The number of carbonyl (C=O) groups is 1. The molecule has 2 fully saturated rings. The molecule has 0 radical (unpaired) electrons. The lowest BCUT2D eigenvalue weighted by atomic mass is 10.1. The van der Waals surface area contributed by atoms with Crippen LogP contribution >= 0.6 is 0 Å². The molecule has 0 aliphatic carbocycles. The van der Waals surface area contributed by atoms with E-state index in [-0.39, 0.29) is 18.0 Å². The summed E-state index contributed by atoms with van der Waals surface area (Å²) in [6, 6.07) is 3.29. The molecule has 23 heavy (non-hydrogen) atoms. The van der Waals surface area contributed by atoms with Gasteiger partial charge in [-0.25, -0.2) is 0 Å². The van der Waals surface area contributed by atoms with Crippen molar-refractivity contribution < 1.29 is 17.6 Å². The summed E-state index contributed by atoms with van der Waals surface area (Å²) >= 11 is 0. The van der Waals surface area contributed by atoms with E-state index in [0.717, 1.165) is 25.0 Å². The van der Waals surface area contributed by atoms with E-state index < -0.39 is 10.2 Å². The van der Waals surface area contributed by atoms with E-state index in [1.165, 1.54) is 4.31 Å². The van der Waals surface area contributed by atoms with Gasteiger partial charge >= 0.3 is 0 Å². The Bertz CT molecular complexity index is 660. The third-order valence-electron chi connectivity index (χ3n) is 4.45. The van der Waals surface area contributed by atoms with Crippen LogP contribution in [0.1, 0.15) is 50.2 Å². The number of hydrogen-bond donors (Lipinski definition) is 2. The maximum Gasteiger partial charge on any atom is 0.280 e. The van der Waals surface area contributed by atoms with E-state index in [4.69, 9.17) is 4.42 Å². The number of rotatable bonds is 5. The summed E-state index contributed by atoms with van der Waals surface area (Å²) in [5.41, 5.74) is 0. The number of piperidine rings is 1. The minimum absolute atomic E-state index is 0.0258. The molecule has 0 spiro atoms. The number of carbonyl (C=O) groups excluding carboxylic acids is 1. The summed E-state index contributed by atoms with van der Waals surface area (Å²) in [6.07, 6.45) is 3.26. The van der Waals surface area contributed by atoms with Crippen molar-refractivity contribution >= 4 is 16.1 Å². The molecule has 0 unspecified atom stereocenters. The van der Waals surface area contributed by atoms with E-state index in [1.54, 1.807) is 0 Å². The number of amides is 1. The molecule has 2 aliphatic heterocycles. The minimum atomic E-state index is -3.60. The number of aryl methyl sites for hydroxylation is 1. The van der Waals surface area contributed by atoms with Crippen molar-refractivity contribution in [3.8, 4) is 0 Å². The van der Waals surface area contributed by atoms with Gasteiger partial charge in [-0.05, 0) is 31.4 Å². The topological polar surface area (TPSA) is 91.7 Å². The van der Waals surface area contributed by atoms with Gasteiger partial charge in [-0.1, -0.05) is 6.92 Å². The van der Waals surface area contributed by atoms with Crippen LogP contribution in [0.3, 0.4) is 0 Å². The number of nitrogens with one attached hydrogen (secondary N) is 2. The molecule has 3 heterocycles. The van der Waals surface area contributed by atoms with Crippen LogP contribution in [0.2, 0.25) is 0 Å². The van der Waals surface area contributed by atoms with Crippen LogP contribution in [0, 0.1) is 0 Å². The van der Waals surface area contributed by atoms with Crippen molar-refractivity contribution in [3.63, 3.8) is 0 Å². The fourth-order valence-electron chi connectivity index (χ4n) is 3.19. The van der Waals surface area contributed by atoms with Gasteiger partial charge in [-0.15, -0.1) is 0 Å². The fraction of sp³-hybridized carbons (Fsp3) is 0.667.